The van der Waals surface area contributed by atoms with Crippen LogP contribution in [0.2, 0.25) is 5.02 Å². The lowest BCUT2D eigenvalue weighted by atomic mass is 10.2. The quantitative estimate of drug-likeness (QED) is 0.655. The number of nitrogens with zero attached hydrogens (tertiary/aromatic N) is 3. The first kappa shape index (κ1) is 18.7. The van der Waals surface area contributed by atoms with Gasteiger partial charge in [0.05, 0.1) is 24.2 Å². The van der Waals surface area contributed by atoms with Crippen LogP contribution in [0.1, 0.15) is 16.3 Å². The van der Waals surface area contributed by atoms with Crippen molar-refractivity contribution in [3.8, 4) is 5.75 Å². The number of hydrogen-bond acceptors (Lipinski definition) is 7. The first-order chi connectivity index (χ1) is 13.0. The average molecular weight is 404 g/mol. The fourth-order valence-corrected chi connectivity index (χ4v) is 3.09. The predicted octanol–water partition coefficient (Wildman–Crippen LogP) is 3.03. The molecular formula is C17H14ClN5O3S. The van der Waals surface area contributed by atoms with Gasteiger partial charge in [-0.2, -0.15) is 0 Å². The highest BCUT2D eigenvalue weighted by molar-refractivity contribution is 7.14. The maximum atomic E-state index is 12.2. The molecule has 0 fully saturated rings. The van der Waals surface area contributed by atoms with Crippen LogP contribution in [0.4, 0.5) is 10.8 Å². The number of ether oxygens (including phenoxy) is 1. The summed E-state index contributed by atoms with van der Waals surface area (Å²) >= 11 is 7.25. The van der Waals surface area contributed by atoms with Crippen LogP contribution < -0.4 is 15.4 Å². The molecule has 2 N–H and O–H groups in total. The van der Waals surface area contributed by atoms with Crippen LogP contribution in [0.3, 0.4) is 0 Å². The van der Waals surface area contributed by atoms with Crippen molar-refractivity contribution in [3.63, 3.8) is 0 Å². The van der Waals surface area contributed by atoms with Crippen molar-refractivity contribution in [1.29, 1.82) is 0 Å². The van der Waals surface area contributed by atoms with Crippen molar-refractivity contribution < 1.29 is 14.3 Å². The number of aromatic nitrogens is 3. The molecule has 0 aliphatic carbocycles. The standard InChI is InChI=1S/C17H14ClN5O3S/c1-26-13-4-3-10(7-12(13)18)21-14(24)8-11-9-27-17(22-11)23-16(25)15-19-5-2-6-20-15/h2-7,9H,8H2,1H3,(H,21,24)(H,22,23,25). The number of methoxy groups -OCH3 is 1. The Morgan fingerprint density at radius 1 is 1.22 bits per heavy atom. The molecule has 0 radical (unpaired) electrons. The summed E-state index contributed by atoms with van der Waals surface area (Å²) in [5, 5.41) is 7.80. The van der Waals surface area contributed by atoms with Gasteiger partial charge in [0.15, 0.2) is 5.13 Å². The lowest BCUT2D eigenvalue weighted by molar-refractivity contribution is -0.115. The molecule has 0 saturated carbocycles. The lowest BCUT2D eigenvalue weighted by Gasteiger charge is -2.07. The Morgan fingerprint density at radius 2 is 2.00 bits per heavy atom. The predicted molar refractivity (Wildman–Crippen MR) is 102 cm³/mol. The Hall–Kier alpha value is -3.04. The van der Waals surface area contributed by atoms with Gasteiger partial charge in [0.1, 0.15) is 5.75 Å². The van der Waals surface area contributed by atoms with Crippen molar-refractivity contribution in [2.75, 3.05) is 17.7 Å². The maximum absolute atomic E-state index is 12.2. The topological polar surface area (TPSA) is 106 Å². The molecule has 0 aliphatic rings. The van der Waals surface area contributed by atoms with Crippen molar-refractivity contribution in [2.45, 2.75) is 6.42 Å². The van der Waals surface area contributed by atoms with Gasteiger partial charge < -0.3 is 10.1 Å². The number of amides is 2. The molecule has 0 aliphatic heterocycles. The number of hydrogen-bond donors (Lipinski definition) is 2. The van der Waals surface area contributed by atoms with E-state index in [1.807, 2.05) is 0 Å². The van der Waals surface area contributed by atoms with Crippen LogP contribution in [-0.4, -0.2) is 33.9 Å². The maximum Gasteiger partial charge on any atom is 0.295 e. The minimum absolute atomic E-state index is 0.0448. The lowest BCUT2D eigenvalue weighted by Crippen LogP contribution is -2.16. The summed E-state index contributed by atoms with van der Waals surface area (Å²) < 4.78 is 5.07. The zero-order valence-corrected chi connectivity index (χ0v) is 15.7. The smallest absolute Gasteiger partial charge is 0.295 e. The van der Waals surface area contributed by atoms with Gasteiger partial charge in [-0.25, -0.2) is 15.0 Å². The largest absolute Gasteiger partial charge is 0.495 e. The molecule has 2 aromatic heterocycles. The summed E-state index contributed by atoms with van der Waals surface area (Å²) in [4.78, 5) is 36.1. The second-order valence-corrected chi connectivity index (χ2v) is 6.51. The molecular weight excluding hydrogens is 390 g/mol. The number of carbonyl (C=O) groups is 2. The molecule has 27 heavy (non-hydrogen) atoms. The minimum Gasteiger partial charge on any atom is -0.495 e. The molecule has 3 aromatic rings. The summed E-state index contributed by atoms with van der Waals surface area (Å²) in [6, 6.07) is 6.58. The van der Waals surface area contributed by atoms with Crippen molar-refractivity contribution in [1.82, 2.24) is 15.0 Å². The van der Waals surface area contributed by atoms with E-state index in [0.29, 0.717) is 27.3 Å². The van der Waals surface area contributed by atoms with E-state index in [9.17, 15) is 9.59 Å². The Balaban J connectivity index is 1.58. The van der Waals surface area contributed by atoms with E-state index in [1.165, 1.54) is 30.8 Å². The number of anilines is 2. The third-order valence-electron chi connectivity index (χ3n) is 3.32. The monoisotopic (exact) mass is 403 g/mol. The third-order valence-corrected chi connectivity index (χ3v) is 4.42. The highest BCUT2D eigenvalue weighted by Gasteiger charge is 2.13. The molecule has 2 heterocycles. The highest BCUT2D eigenvalue weighted by Crippen LogP contribution is 2.27. The molecule has 138 valence electrons. The van der Waals surface area contributed by atoms with Crippen molar-refractivity contribution in [2.24, 2.45) is 0 Å². The number of thiazole rings is 1. The molecule has 0 spiro atoms. The van der Waals surface area contributed by atoms with Crippen molar-refractivity contribution in [3.05, 3.63) is 58.6 Å². The number of carbonyl (C=O) groups excluding carboxylic acids is 2. The molecule has 1 aromatic carbocycles. The van der Waals surface area contributed by atoms with E-state index < -0.39 is 5.91 Å². The zero-order valence-electron chi connectivity index (χ0n) is 14.1. The van der Waals surface area contributed by atoms with E-state index in [0.717, 1.165) is 0 Å². The summed E-state index contributed by atoms with van der Waals surface area (Å²) in [6.07, 6.45) is 3.01. The minimum atomic E-state index is -0.464. The van der Waals surface area contributed by atoms with E-state index >= 15 is 0 Å². The van der Waals surface area contributed by atoms with Gasteiger partial charge in [-0.05, 0) is 24.3 Å². The molecule has 0 unspecified atom stereocenters. The van der Waals surface area contributed by atoms with Crippen molar-refractivity contribution >= 4 is 45.6 Å². The molecule has 0 saturated heterocycles. The van der Waals surface area contributed by atoms with E-state index in [2.05, 4.69) is 25.6 Å². The van der Waals surface area contributed by atoms with E-state index in [-0.39, 0.29) is 18.2 Å². The molecule has 0 atom stereocenters. The van der Waals surface area contributed by atoms with Crippen LogP contribution in [-0.2, 0) is 11.2 Å². The Labute approximate surface area is 163 Å². The Morgan fingerprint density at radius 3 is 2.70 bits per heavy atom. The van der Waals surface area contributed by atoms with Gasteiger partial charge in [0.25, 0.3) is 5.91 Å². The molecule has 10 heteroatoms. The highest BCUT2D eigenvalue weighted by atomic mass is 35.5. The van der Waals surface area contributed by atoms with Crippen LogP contribution in [0.25, 0.3) is 0 Å². The molecule has 0 bridgehead atoms. The number of halogens is 1. The second-order valence-electron chi connectivity index (χ2n) is 5.24. The van der Waals surface area contributed by atoms with Crippen LogP contribution in [0.15, 0.2) is 42.0 Å². The van der Waals surface area contributed by atoms with Gasteiger partial charge in [-0.15, -0.1) is 11.3 Å². The summed E-state index contributed by atoms with van der Waals surface area (Å²) in [6.45, 7) is 0. The van der Waals surface area contributed by atoms with Gasteiger partial charge in [-0.1, -0.05) is 11.6 Å². The fraction of sp³-hybridized carbons (Fsp3) is 0.118. The van der Waals surface area contributed by atoms with Gasteiger partial charge in [0.2, 0.25) is 11.7 Å². The summed E-state index contributed by atoms with van der Waals surface area (Å²) in [5.41, 5.74) is 1.08. The first-order valence-corrected chi connectivity index (χ1v) is 8.97. The first-order valence-electron chi connectivity index (χ1n) is 7.71. The Bertz CT molecular complexity index is 964. The van der Waals surface area contributed by atoms with Crippen LogP contribution in [0, 0.1) is 0 Å². The van der Waals surface area contributed by atoms with E-state index in [4.69, 9.17) is 16.3 Å². The molecule has 2 amide bonds. The SMILES string of the molecule is COc1ccc(NC(=O)Cc2csc(NC(=O)c3ncccn3)n2)cc1Cl. The molecule has 8 nitrogen and oxygen atoms in total. The normalized spacial score (nSPS) is 10.3. The van der Waals surface area contributed by atoms with Gasteiger partial charge >= 0.3 is 0 Å². The van der Waals surface area contributed by atoms with Crippen LogP contribution in [0.5, 0.6) is 5.75 Å². The van der Waals surface area contributed by atoms with Crippen LogP contribution >= 0.6 is 22.9 Å². The average Bonchev–Trinajstić information content (AvgIpc) is 3.09. The summed E-state index contributed by atoms with van der Waals surface area (Å²) in [5.74, 6) is -0.153. The number of nitrogens with one attached hydrogen (secondary N) is 2. The Kier molecular flexibility index (Phi) is 5.94. The molecule has 3 rings (SSSR count). The second kappa shape index (κ2) is 8.56. The number of benzene rings is 1. The summed E-state index contributed by atoms with van der Waals surface area (Å²) in [7, 11) is 1.52. The van der Waals surface area contributed by atoms with E-state index in [1.54, 1.807) is 29.6 Å². The fourth-order valence-electron chi connectivity index (χ4n) is 2.13. The zero-order chi connectivity index (χ0) is 19.2. The van der Waals surface area contributed by atoms with Gasteiger partial charge in [-0.3, -0.25) is 14.9 Å². The van der Waals surface area contributed by atoms with Gasteiger partial charge in [0, 0.05) is 23.5 Å². The number of rotatable bonds is 6. The third kappa shape index (κ3) is 4.99.